The maximum Gasteiger partial charge on any atom is 0.123 e. The molecule has 1 aromatic carbocycles. The molecule has 0 fully saturated rings. The Hall–Kier alpha value is -0.200. The molecule has 12 heavy (non-hydrogen) atoms. The monoisotopic (exact) mass is 281 g/mol. The first-order valence-corrected chi connectivity index (χ1v) is 4.56. The van der Waals surface area contributed by atoms with E-state index in [2.05, 4.69) is 0 Å². The van der Waals surface area contributed by atoms with Crippen LogP contribution in [-0.2, 0) is 0 Å². The van der Waals surface area contributed by atoms with Gasteiger partial charge in [-0.15, -0.1) is 0 Å². The molecule has 4 heteroatoms. The van der Waals surface area contributed by atoms with Crippen molar-refractivity contribution in [2.45, 2.75) is 6.10 Å². The van der Waals surface area contributed by atoms with Crippen LogP contribution in [0.4, 0.5) is 4.39 Å². The quantitative estimate of drug-likeness (QED) is 0.805. The Bertz CT molecular complexity index is 280. The van der Waals surface area contributed by atoms with Gasteiger partial charge in [0.2, 0.25) is 0 Å². The fraction of sp³-hybridized carbons (Fsp3) is 0.250. The minimum atomic E-state index is -0.771. The fourth-order valence-corrected chi connectivity index (χ4v) is 1.59. The second-order valence-corrected chi connectivity index (χ2v) is 3.58. The summed E-state index contributed by atoms with van der Waals surface area (Å²) in [6.45, 7) is 0.111. The Kier molecular flexibility index (Phi) is 3.42. The second kappa shape index (κ2) is 4.15. The van der Waals surface area contributed by atoms with E-state index in [1.807, 2.05) is 22.6 Å². The number of hydrogen-bond donors (Lipinski definition) is 2. The van der Waals surface area contributed by atoms with Crippen LogP contribution in [0, 0.1) is 9.39 Å². The molecule has 66 valence electrons. The highest BCUT2D eigenvalue weighted by molar-refractivity contribution is 14.1. The summed E-state index contributed by atoms with van der Waals surface area (Å²) in [6.07, 6.45) is -0.771. The van der Waals surface area contributed by atoms with E-state index in [1.54, 1.807) is 6.07 Å². The highest BCUT2D eigenvalue weighted by Crippen LogP contribution is 2.20. The molecule has 0 saturated carbocycles. The average Bonchev–Trinajstić information content (AvgIpc) is 2.08. The lowest BCUT2D eigenvalue weighted by atomic mass is 10.1. The van der Waals surface area contributed by atoms with Crippen molar-refractivity contribution in [2.24, 2.45) is 5.73 Å². The molecule has 0 aromatic heterocycles. The first kappa shape index (κ1) is 9.88. The van der Waals surface area contributed by atoms with E-state index in [1.165, 1.54) is 12.1 Å². The molecule has 1 atom stereocenters. The minimum absolute atomic E-state index is 0.111. The van der Waals surface area contributed by atoms with Gasteiger partial charge in [-0.1, -0.05) is 0 Å². The molecule has 0 aliphatic rings. The van der Waals surface area contributed by atoms with Crippen LogP contribution in [-0.4, -0.2) is 11.7 Å². The first-order chi connectivity index (χ1) is 5.65. The molecule has 1 unspecified atom stereocenters. The predicted molar refractivity (Wildman–Crippen MR) is 53.1 cm³/mol. The van der Waals surface area contributed by atoms with Crippen LogP contribution in [0.1, 0.15) is 11.7 Å². The molecule has 0 radical (unpaired) electrons. The smallest absolute Gasteiger partial charge is 0.123 e. The van der Waals surface area contributed by atoms with Crippen LogP contribution in [0.15, 0.2) is 18.2 Å². The number of nitrogens with two attached hydrogens (primary N) is 1. The van der Waals surface area contributed by atoms with Crippen molar-refractivity contribution >= 4 is 22.6 Å². The first-order valence-electron chi connectivity index (χ1n) is 3.48. The van der Waals surface area contributed by atoms with Gasteiger partial charge in [-0.2, -0.15) is 0 Å². The second-order valence-electron chi connectivity index (χ2n) is 2.42. The van der Waals surface area contributed by atoms with Crippen LogP contribution < -0.4 is 5.73 Å². The molecular formula is C8H9FINO. The number of benzene rings is 1. The van der Waals surface area contributed by atoms with Gasteiger partial charge >= 0.3 is 0 Å². The molecule has 0 heterocycles. The predicted octanol–water partition coefficient (Wildman–Crippen LogP) is 1.42. The lowest BCUT2D eigenvalue weighted by Gasteiger charge is -2.09. The summed E-state index contributed by atoms with van der Waals surface area (Å²) >= 11 is 2.03. The van der Waals surface area contributed by atoms with Gasteiger partial charge in [0.25, 0.3) is 0 Å². The van der Waals surface area contributed by atoms with Crippen LogP contribution in [0.3, 0.4) is 0 Å². The van der Waals surface area contributed by atoms with Crippen molar-refractivity contribution in [2.75, 3.05) is 6.54 Å². The Morgan fingerprint density at radius 2 is 2.25 bits per heavy atom. The van der Waals surface area contributed by atoms with Gasteiger partial charge in [-0.05, 0) is 46.4 Å². The lowest BCUT2D eigenvalue weighted by molar-refractivity contribution is 0.185. The van der Waals surface area contributed by atoms with Gasteiger partial charge in [0.15, 0.2) is 0 Å². The minimum Gasteiger partial charge on any atom is -0.387 e. The van der Waals surface area contributed by atoms with Gasteiger partial charge < -0.3 is 10.8 Å². The van der Waals surface area contributed by atoms with Gasteiger partial charge in [0.05, 0.1) is 6.10 Å². The van der Waals surface area contributed by atoms with Crippen molar-refractivity contribution in [1.82, 2.24) is 0 Å². The SMILES string of the molecule is NCC(O)c1cc(F)ccc1I. The lowest BCUT2D eigenvalue weighted by Crippen LogP contribution is -2.12. The molecule has 0 aliphatic carbocycles. The fourth-order valence-electron chi connectivity index (χ4n) is 0.897. The normalized spacial score (nSPS) is 13.0. The van der Waals surface area contributed by atoms with Crippen molar-refractivity contribution in [3.63, 3.8) is 0 Å². The molecule has 0 bridgehead atoms. The van der Waals surface area contributed by atoms with E-state index >= 15 is 0 Å². The highest BCUT2D eigenvalue weighted by Gasteiger charge is 2.09. The standard InChI is InChI=1S/C8H9FINO/c9-5-1-2-7(10)6(3-5)8(12)4-11/h1-3,8,12H,4,11H2. The van der Waals surface area contributed by atoms with Crippen molar-refractivity contribution in [3.05, 3.63) is 33.1 Å². The zero-order valence-electron chi connectivity index (χ0n) is 6.30. The highest BCUT2D eigenvalue weighted by atomic mass is 127. The van der Waals surface area contributed by atoms with E-state index < -0.39 is 6.10 Å². The van der Waals surface area contributed by atoms with Crippen molar-refractivity contribution in [3.8, 4) is 0 Å². The maximum absolute atomic E-state index is 12.7. The number of rotatable bonds is 2. The largest absolute Gasteiger partial charge is 0.387 e. The molecule has 0 spiro atoms. The Labute approximate surface area is 83.7 Å². The third kappa shape index (κ3) is 2.15. The summed E-state index contributed by atoms with van der Waals surface area (Å²) in [6, 6.07) is 4.28. The summed E-state index contributed by atoms with van der Waals surface area (Å²) in [5, 5.41) is 9.34. The van der Waals surface area contributed by atoms with Gasteiger partial charge in [-0.3, -0.25) is 0 Å². The van der Waals surface area contributed by atoms with Crippen LogP contribution in [0.2, 0.25) is 0 Å². The Morgan fingerprint density at radius 1 is 1.58 bits per heavy atom. The van der Waals surface area contributed by atoms with Gasteiger partial charge in [0.1, 0.15) is 5.82 Å². The molecule has 1 aromatic rings. The summed E-state index contributed by atoms with van der Waals surface area (Å²) < 4.78 is 13.5. The molecule has 2 nitrogen and oxygen atoms in total. The van der Waals surface area contributed by atoms with E-state index in [4.69, 9.17) is 5.73 Å². The summed E-state index contributed by atoms with van der Waals surface area (Å²) in [4.78, 5) is 0. The van der Waals surface area contributed by atoms with Gasteiger partial charge in [-0.25, -0.2) is 4.39 Å². The zero-order chi connectivity index (χ0) is 9.14. The molecule has 0 amide bonds. The summed E-state index contributed by atoms with van der Waals surface area (Å²) in [7, 11) is 0. The molecule has 1 rings (SSSR count). The Balaban J connectivity index is 3.04. The van der Waals surface area contributed by atoms with E-state index in [0.29, 0.717) is 5.56 Å². The Morgan fingerprint density at radius 3 is 2.83 bits per heavy atom. The average molecular weight is 281 g/mol. The molecular weight excluding hydrogens is 272 g/mol. The van der Waals surface area contributed by atoms with E-state index in [9.17, 15) is 9.50 Å². The zero-order valence-corrected chi connectivity index (χ0v) is 8.45. The molecule has 0 aliphatic heterocycles. The van der Waals surface area contributed by atoms with E-state index in [-0.39, 0.29) is 12.4 Å². The van der Waals surface area contributed by atoms with Crippen molar-refractivity contribution in [1.29, 1.82) is 0 Å². The third-order valence-electron chi connectivity index (χ3n) is 1.54. The van der Waals surface area contributed by atoms with E-state index in [0.717, 1.165) is 3.57 Å². The number of aliphatic hydroxyl groups excluding tert-OH is 1. The van der Waals surface area contributed by atoms with Crippen molar-refractivity contribution < 1.29 is 9.50 Å². The number of hydrogen-bond acceptors (Lipinski definition) is 2. The van der Waals surface area contributed by atoms with Crippen LogP contribution >= 0.6 is 22.6 Å². The molecule has 3 N–H and O–H groups in total. The topological polar surface area (TPSA) is 46.2 Å². The maximum atomic E-state index is 12.7. The van der Waals surface area contributed by atoms with Crippen LogP contribution in [0.5, 0.6) is 0 Å². The number of aliphatic hydroxyl groups is 1. The van der Waals surface area contributed by atoms with Crippen LogP contribution in [0.25, 0.3) is 0 Å². The summed E-state index contributed by atoms with van der Waals surface area (Å²) in [5.74, 6) is -0.349. The molecule has 0 saturated heterocycles. The third-order valence-corrected chi connectivity index (χ3v) is 2.52. The number of halogens is 2. The summed E-state index contributed by atoms with van der Waals surface area (Å²) in [5.41, 5.74) is 5.80. The van der Waals surface area contributed by atoms with Gasteiger partial charge in [0, 0.05) is 10.1 Å².